The summed E-state index contributed by atoms with van der Waals surface area (Å²) in [4.78, 5) is 26.5. The molecule has 0 saturated heterocycles. The summed E-state index contributed by atoms with van der Waals surface area (Å²) >= 11 is 0. The summed E-state index contributed by atoms with van der Waals surface area (Å²) in [6.45, 7) is 1.31. The number of nitrogens with one attached hydrogen (secondary N) is 1. The van der Waals surface area contributed by atoms with Crippen LogP contribution in [0.2, 0.25) is 0 Å². The molecule has 5 heteroatoms. The molecule has 2 heterocycles. The fraction of sp³-hybridized carbons (Fsp3) is 0.182. The largest absolute Gasteiger partial charge is 0.503 e. The molecular formula is C11H10N2O3. The molecule has 0 aliphatic carbocycles. The Bertz CT molecular complexity index is 479. The number of amides is 1. The van der Waals surface area contributed by atoms with Crippen molar-refractivity contribution in [3.63, 3.8) is 0 Å². The Morgan fingerprint density at radius 1 is 1.56 bits per heavy atom. The number of Topliss-reactive ketones (excluding diaryl/α,β-unsaturated/α-hetero) is 1. The first kappa shape index (κ1) is 10.4. The highest BCUT2D eigenvalue weighted by molar-refractivity contribution is 6.08. The maximum Gasteiger partial charge on any atom is 0.287 e. The third kappa shape index (κ3) is 1.56. The van der Waals surface area contributed by atoms with Crippen LogP contribution in [-0.4, -0.2) is 21.8 Å². The molecule has 0 radical (unpaired) electrons. The number of aliphatic hydroxyl groups is 1. The molecule has 0 aromatic carbocycles. The van der Waals surface area contributed by atoms with Crippen molar-refractivity contribution in [1.82, 2.24) is 10.3 Å². The van der Waals surface area contributed by atoms with Gasteiger partial charge in [-0.2, -0.15) is 0 Å². The van der Waals surface area contributed by atoms with Crippen molar-refractivity contribution in [3.05, 3.63) is 41.4 Å². The minimum absolute atomic E-state index is 0.0954. The van der Waals surface area contributed by atoms with E-state index in [1.54, 1.807) is 24.5 Å². The highest BCUT2D eigenvalue weighted by Gasteiger charge is 2.35. The zero-order chi connectivity index (χ0) is 11.7. The quantitative estimate of drug-likeness (QED) is 0.764. The zero-order valence-electron chi connectivity index (χ0n) is 8.60. The molecule has 2 N–H and O–H groups in total. The summed E-state index contributed by atoms with van der Waals surface area (Å²) in [5.41, 5.74) is 0.767. The van der Waals surface area contributed by atoms with E-state index >= 15 is 0 Å². The molecule has 16 heavy (non-hydrogen) atoms. The SMILES string of the molecule is CC(=O)C1=C(O)C(=O)NC1c1cccnc1. The smallest absolute Gasteiger partial charge is 0.287 e. The third-order valence-corrected chi connectivity index (χ3v) is 2.43. The minimum atomic E-state index is -0.626. The number of aliphatic hydroxyl groups excluding tert-OH is 1. The Balaban J connectivity index is 2.45. The molecule has 0 saturated carbocycles. The molecule has 2 rings (SSSR count). The number of carbonyl (C=O) groups is 2. The van der Waals surface area contributed by atoms with E-state index in [0.717, 1.165) is 0 Å². The lowest BCUT2D eigenvalue weighted by Gasteiger charge is -2.12. The van der Waals surface area contributed by atoms with Gasteiger partial charge in [0.25, 0.3) is 5.91 Å². The van der Waals surface area contributed by atoms with Crippen molar-refractivity contribution in [1.29, 1.82) is 0 Å². The van der Waals surface area contributed by atoms with Gasteiger partial charge in [-0.1, -0.05) is 6.07 Å². The van der Waals surface area contributed by atoms with Crippen LogP contribution in [0, 0.1) is 0 Å². The number of rotatable bonds is 2. The molecule has 0 spiro atoms. The normalized spacial score (nSPS) is 19.8. The number of hydrogen-bond donors (Lipinski definition) is 2. The van der Waals surface area contributed by atoms with Crippen LogP contribution in [0.3, 0.4) is 0 Å². The number of hydrogen-bond acceptors (Lipinski definition) is 4. The second-order valence-corrected chi connectivity index (χ2v) is 3.51. The molecule has 1 amide bonds. The summed E-state index contributed by atoms with van der Waals surface area (Å²) in [7, 11) is 0. The molecule has 1 aromatic rings. The first-order valence-electron chi connectivity index (χ1n) is 4.76. The van der Waals surface area contributed by atoms with Gasteiger partial charge in [-0.05, 0) is 18.6 Å². The number of ketones is 1. The molecule has 1 aliphatic rings. The van der Waals surface area contributed by atoms with Crippen molar-refractivity contribution < 1.29 is 14.7 Å². The zero-order valence-corrected chi connectivity index (χ0v) is 8.60. The standard InChI is InChI=1S/C11H10N2O3/c1-6(14)8-9(13-11(16)10(8)15)7-3-2-4-12-5-7/h2-5,9,15H,1H3,(H,13,16). The summed E-state index contributed by atoms with van der Waals surface area (Å²) in [6.07, 6.45) is 3.14. The van der Waals surface area contributed by atoms with Gasteiger partial charge in [0.05, 0.1) is 11.6 Å². The molecule has 82 valence electrons. The first-order chi connectivity index (χ1) is 7.61. The van der Waals surface area contributed by atoms with E-state index in [1.807, 2.05) is 0 Å². The molecule has 1 atom stereocenters. The fourth-order valence-electron chi connectivity index (χ4n) is 1.70. The van der Waals surface area contributed by atoms with Gasteiger partial charge < -0.3 is 10.4 Å². The summed E-state index contributed by atoms with van der Waals surface area (Å²) in [5.74, 6) is -1.45. The molecule has 1 unspecified atom stereocenters. The monoisotopic (exact) mass is 218 g/mol. The summed E-state index contributed by atoms with van der Waals surface area (Å²) in [6, 6.07) is 2.84. The maximum atomic E-state index is 11.4. The molecule has 1 aliphatic heterocycles. The Kier molecular flexibility index (Phi) is 2.44. The molecule has 0 fully saturated rings. The van der Waals surface area contributed by atoms with Gasteiger partial charge in [0.1, 0.15) is 0 Å². The topological polar surface area (TPSA) is 79.3 Å². The van der Waals surface area contributed by atoms with Gasteiger partial charge >= 0.3 is 0 Å². The average Bonchev–Trinajstić information content (AvgIpc) is 2.57. The molecule has 5 nitrogen and oxygen atoms in total. The van der Waals surface area contributed by atoms with Gasteiger partial charge in [-0.3, -0.25) is 14.6 Å². The van der Waals surface area contributed by atoms with Crippen LogP contribution in [-0.2, 0) is 9.59 Å². The molecular weight excluding hydrogens is 208 g/mol. The van der Waals surface area contributed by atoms with Crippen LogP contribution in [0.5, 0.6) is 0 Å². The second-order valence-electron chi connectivity index (χ2n) is 3.51. The van der Waals surface area contributed by atoms with Crippen molar-refractivity contribution >= 4 is 11.7 Å². The van der Waals surface area contributed by atoms with Gasteiger partial charge in [0, 0.05) is 12.4 Å². The van der Waals surface area contributed by atoms with Crippen LogP contribution in [0.15, 0.2) is 35.9 Å². The van der Waals surface area contributed by atoms with Crippen molar-refractivity contribution in [2.75, 3.05) is 0 Å². The molecule has 1 aromatic heterocycles. The lowest BCUT2D eigenvalue weighted by Crippen LogP contribution is -2.23. The Labute approximate surface area is 91.8 Å². The molecule has 0 bridgehead atoms. The number of nitrogens with zero attached hydrogens (tertiary/aromatic N) is 1. The van der Waals surface area contributed by atoms with Crippen LogP contribution in [0.1, 0.15) is 18.5 Å². The maximum absolute atomic E-state index is 11.4. The van der Waals surface area contributed by atoms with Crippen molar-refractivity contribution in [3.8, 4) is 0 Å². The first-order valence-corrected chi connectivity index (χ1v) is 4.76. The van der Waals surface area contributed by atoms with Crippen molar-refractivity contribution in [2.45, 2.75) is 13.0 Å². The Morgan fingerprint density at radius 3 is 2.88 bits per heavy atom. The van der Waals surface area contributed by atoms with Gasteiger partial charge in [-0.15, -0.1) is 0 Å². The highest BCUT2D eigenvalue weighted by atomic mass is 16.3. The fourth-order valence-corrected chi connectivity index (χ4v) is 1.70. The van der Waals surface area contributed by atoms with Crippen LogP contribution >= 0.6 is 0 Å². The summed E-state index contributed by atoms with van der Waals surface area (Å²) < 4.78 is 0. The van der Waals surface area contributed by atoms with Crippen LogP contribution in [0.4, 0.5) is 0 Å². The van der Waals surface area contributed by atoms with Gasteiger partial charge in [0.15, 0.2) is 11.5 Å². The lowest BCUT2D eigenvalue weighted by atomic mass is 9.99. The average molecular weight is 218 g/mol. The van der Waals surface area contributed by atoms with E-state index in [2.05, 4.69) is 10.3 Å². The van der Waals surface area contributed by atoms with Crippen LogP contribution < -0.4 is 5.32 Å². The third-order valence-electron chi connectivity index (χ3n) is 2.43. The Morgan fingerprint density at radius 2 is 2.31 bits per heavy atom. The van der Waals surface area contributed by atoms with Crippen molar-refractivity contribution in [2.24, 2.45) is 0 Å². The van der Waals surface area contributed by atoms with E-state index in [9.17, 15) is 14.7 Å². The second kappa shape index (κ2) is 3.77. The summed E-state index contributed by atoms with van der Waals surface area (Å²) in [5, 5.41) is 12.0. The van der Waals surface area contributed by atoms with E-state index in [4.69, 9.17) is 0 Å². The highest BCUT2D eigenvalue weighted by Crippen LogP contribution is 2.28. The predicted octanol–water partition coefficient (Wildman–Crippen LogP) is 0.654. The number of aromatic nitrogens is 1. The van der Waals surface area contributed by atoms with Gasteiger partial charge in [-0.25, -0.2) is 0 Å². The number of carbonyl (C=O) groups excluding carboxylic acids is 2. The number of pyridine rings is 1. The van der Waals surface area contributed by atoms with E-state index in [0.29, 0.717) is 5.56 Å². The van der Waals surface area contributed by atoms with Gasteiger partial charge in [0.2, 0.25) is 0 Å². The predicted molar refractivity (Wildman–Crippen MR) is 55.5 cm³/mol. The van der Waals surface area contributed by atoms with Crippen LogP contribution in [0.25, 0.3) is 0 Å². The minimum Gasteiger partial charge on any atom is -0.503 e. The van der Waals surface area contributed by atoms with E-state index in [1.165, 1.54) is 6.92 Å². The lowest BCUT2D eigenvalue weighted by molar-refractivity contribution is -0.119. The van der Waals surface area contributed by atoms with E-state index < -0.39 is 17.7 Å². The Hall–Kier alpha value is -2.17. The van der Waals surface area contributed by atoms with E-state index in [-0.39, 0.29) is 11.4 Å².